The van der Waals surface area contributed by atoms with Gasteiger partial charge in [0.2, 0.25) is 11.1 Å². The van der Waals surface area contributed by atoms with Crippen molar-refractivity contribution in [2.45, 2.75) is 30.8 Å². The molecule has 10 heteroatoms. The smallest absolute Gasteiger partial charge is 0.338 e. The summed E-state index contributed by atoms with van der Waals surface area (Å²) in [6, 6.07) is 15.5. The molecule has 0 unspecified atom stereocenters. The highest BCUT2D eigenvalue weighted by atomic mass is 32.2. The molecular formula is C22H21N5O4S. The van der Waals surface area contributed by atoms with Crippen molar-refractivity contribution < 1.29 is 14.5 Å². The Kier molecular flexibility index (Phi) is 6.22. The molecule has 1 N–H and O–H groups in total. The number of non-ortho nitro benzene ring substituents is 1. The zero-order valence-electron chi connectivity index (χ0n) is 17.5. The fourth-order valence-electron chi connectivity index (χ4n) is 3.47. The van der Waals surface area contributed by atoms with Crippen LogP contribution in [0.25, 0.3) is 0 Å². The van der Waals surface area contributed by atoms with E-state index in [4.69, 9.17) is 4.74 Å². The second-order valence-electron chi connectivity index (χ2n) is 7.07. The number of carbonyl (C=O) groups is 1. The molecule has 0 radical (unpaired) electrons. The maximum atomic E-state index is 12.8. The van der Waals surface area contributed by atoms with Crippen LogP contribution in [0.2, 0.25) is 0 Å². The Morgan fingerprint density at radius 2 is 1.94 bits per heavy atom. The zero-order chi connectivity index (χ0) is 22.7. The molecule has 0 bridgehead atoms. The summed E-state index contributed by atoms with van der Waals surface area (Å²) in [5, 5.41) is 19.4. The van der Waals surface area contributed by atoms with E-state index in [-0.39, 0.29) is 12.3 Å². The largest absolute Gasteiger partial charge is 0.463 e. The van der Waals surface area contributed by atoms with E-state index in [9.17, 15) is 14.9 Å². The second kappa shape index (κ2) is 9.23. The fourth-order valence-corrected chi connectivity index (χ4v) is 4.26. The quantitative estimate of drug-likeness (QED) is 0.244. The van der Waals surface area contributed by atoms with E-state index in [0.29, 0.717) is 33.7 Å². The molecule has 9 nitrogen and oxygen atoms in total. The number of anilines is 1. The van der Waals surface area contributed by atoms with Gasteiger partial charge in [0.1, 0.15) is 6.04 Å². The van der Waals surface area contributed by atoms with Crippen LogP contribution >= 0.6 is 11.8 Å². The van der Waals surface area contributed by atoms with E-state index in [1.54, 1.807) is 30.7 Å². The lowest BCUT2D eigenvalue weighted by atomic mass is 9.95. The van der Waals surface area contributed by atoms with Crippen LogP contribution in [0.15, 0.2) is 71.0 Å². The van der Waals surface area contributed by atoms with E-state index in [1.807, 2.05) is 30.3 Å². The average molecular weight is 452 g/mol. The summed E-state index contributed by atoms with van der Waals surface area (Å²) in [6.45, 7) is 3.74. The number of carbonyl (C=O) groups excluding carboxylic acids is 1. The van der Waals surface area contributed by atoms with Crippen LogP contribution in [0.5, 0.6) is 0 Å². The summed E-state index contributed by atoms with van der Waals surface area (Å²) in [7, 11) is 0. The van der Waals surface area contributed by atoms with Crippen molar-refractivity contribution in [2.75, 3.05) is 11.9 Å². The first-order chi connectivity index (χ1) is 15.5. The molecule has 1 aliphatic heterocycles. The molecule has 0 aliphatic carbocycles. The number of fused-ring (bicyclic) bond motifs is 1. The van der Waals surface area contributed by atoms with Crippen LogP contribution in [0.4, 0.5) is 11.6 Å². The molecule has 1 atom stereocenters. The molecule has 164 valence electrons. The summed E-state index contributed by atoms with van der Waals surface area (Å²) in [6.07, 6.45) is 0. The number of nitrogens with zero attached hydrogens (tertiary/aromatic N) is 4. The SMILES string of the molecule is CCOC(=O)C1=C(C)Nc2nc(SCc3ccccc3)nn2[C@@H]1c1ccc([N+](=O)[O-])cc1. The Morgan fingerprint density at radius 3 is 2.59 bits per heavy atom. The number of aromatic nitrogens is 3. The zero-order valence-corrected chi connectivity index (χ0v) is 18.3. The normalized spacial score (nSPS) is 15.1. The number of hydrogen-bond donors (Lipinski definition) is 1. The molecule has 32 heavy (non-hydrogen) atoms. The van der Waals surface area contributed by atoms with Crippen molar-refractivity contribution >= 4 is 29.4 Å². The number of benzene rings is 2. The van der Waals surface area contributed by atoms with Crippen molar-refractivity contribution in [1.82, 2.24) is 14.8 Å². The highest BCUT2D eigenvalue weighted by Gasteiger charge is 2.35. The predicted octanol–water partition coefficient (Wildman–Crippen LogP) is 4.33. The summed E-state index contributed by atoms with van der Waals surface area (Å²) >= 11 is 1.48. The third-order valence-corrected chi connectivity index (χ3v) is 5.87. The minimum Gasteiger partial charge on any atom is -0.463 e. The lowest BCUT2D eigenvalue weighted by molar-refractivity contribution is -0.384. The van der Waals surface area contributed by atoms with Gasteiger partial charge in [0.15, 0.2) is 0 Å². The van der Waals surface area contributed by atoms with Gasteiger partial charge < -0.3 is 10.1 Å². The molecule has 3 aromatic rings. The number of esters is 1. The molecule has 2 aromatic carbocycles. The van der Waals surface area contributed by atoms with Gasteiger partial charge in [-0.25, -0.2) is 9.48 Å². The number of nitrogens with one attached hydrogen (secondary N) is 1. The van der Waals surface area contributed by atoms with Gasteiger partial charge in [0, 0.05) is 23.6 Å². The molecule has 2 heterocycles. The standard InChI is InChI=1S/C22H21N5O4S/c1-3-31-20(28)18-14(2)23-21-24-22(32-13-15-7-5-4-6-8-15)25-26(21)19(18)16-9-11-17(12-10-16)27(29)30/h4-12,19H,3,13H2,1-2H3,(H,23,24,25)/t19-/m1/s1. The first-order valence-corrected chi connectivity index (χ1v) is 11.0. The van der Waals surface area contributed by atoms with Crippen molar-refractivity contribution in [3.63, 3.8) is 0 Å². The minimum absolute atomic E-state index is 0.0287. The van der Waals surface area contributed by atoms with Crippen LogP contribution in [0.3, 0.4) is 0 Å². The maximum Gasteiger partial charge on any atom is 0.338 e. The monoisotopic (exact) mass is 451 g/mol. The molecule has 0 fully saturated rings. The number of nitro benzene ring substituents is 1. The Hall–Kier alpha value is -3.66. The molecular weight excluding hydrogens is 430 g/mol. The summed E-state index contributed by atoms with van der Waals surface area (Å²) in [5.41, 5.74) is 2.78. The highest BCUT2D eigenvalue weighted by Crippen LogP contribution is 2.37. The van der Waals surface area contributed by atoms with Crippen molar-refractivity contribution in [3.05, 3.63) is 87.1 Å². The number of nitro groups is 1. The number of thioether (sulfide) groups is 1. The Balaban J connectivity index is 1.71. The van der Waals surface area contributed by atoms with E-state index >= 15 is 0 Å². The van der Waals surface area contributed by atoms with Gasteiger partial charge in [-0.2, -0.15) is 4.98 Å². The van der Waals surface area contributed by atoms with Gasteiger partial charge in [0.05, 0.1) is 17.1 Å². The van der Waals surface area contributed by atoms with Crippen molar-refractivity contribution in [3.8, 4) is 0 Å². The van der Waals surface area contributed by atoms with Crippen molar-refractivity contribution in [1.29, 1.82) is 0 Å². The van der Waals surface area contributed by atoms with Gasteiger partial charge in [-0.1, -0.05) is 42.1 Å². The molecule has 1 aliphatic rings. The third kappa shape index (κ3) is 4.35. The molecule has 0 spiro atoms. The lowest BCUT2D eigenvalue weighted by Crippen LogP contribution is -2.29. The number of rotatable bonds is 7. The number of allylic oxidation sites excluding steroid dienone is 1. The van der Waals surface area contributed by atoms with Crippen LogP contribution in [0, 0.1) is 10.1 Å². The maximum absolute atomic E-state index is 12.8. The average Bonchev–Trinajstić information content (AvgIpc) is 3.20. The first kappa shape index (κ1) is 21.6. The Bertz CT molecular complexity index is 1170. The lowest BCUT2D eigenvalue weighted by Gasteiger charge is -2.28. The summed E-state index contributed by atoms with van der Waals surface area (Å²) < 4.78 is 6.91. The van der Waals surface area contributed by atoms with Gasteiger partial charge in [0.25, 0.3) is 5.69 Å². The number of ether oxygens (including phenoxy) is 1. The number of hydrogen-bond acceptors (Lipinski definition) is 8. The Morgan fingerprint density at radius 1 is 1.22 bits per heavy atom. The van der Waals surface area contributed by atoms with Gasteiger partial charge in [-0.3, -0.25) is 10.1 Å². The van der Waals surface area contributed by atoms with Gasteiger partial charge in [-0.05, 0) is 37.1 Å². The topological polar surface area (TPSA) is 112 Å². The van der Waals surface area contributed by atoms with Crippen LogP contribution < -0.4 is 5.32 Å². The van der Waals surface area contributed by atoms with Crippen molar-refractivity contribution in [2.24, 2.45) is 0 Å². The van der Waals surface area contributed by atoms with Gasteiger partial charge >= 0.3 is 5.97 Å². The van der Waals surface area contributed by atoms with E-state index < -0.39 is 16.9 Å². The second-order valence-corrected chi connectivity index (χ2v) is 8.01. The summed E-state index contributed by atoms with van der Waals surface area (Å²) in [4.78, 5) is 28.0. The molecule has 1 aromatic heterocycles. The summed E-state index contributed by atoms with van der Waals surface area (Å²) in [5.74, 6) is 0.721. The molecule has 4 rings (SSSR count). The minimum atomic E-state index is -0.621. The van der Waals surface area contributed by atoms with E-state index in [0.717, 1.165) is 5.56 Å². The first-order valence-electron chi connectivity index (χ1n) is 10.0. The van der Waals surface area contributed by atoms with Crippen LogP contribution in [0.1, 0.15) is 31.0 Å². The van der Waals surface area contributed by atoms with E-state index in [1.165, 1.54) is 23.9 Å². The molecule has 0 amide bonds. The van der Waals surface area contributed by atoms with Crippen LogP contribution in [-0.2, 0) is 15.3 Å². The third-order valence-electron chi connectivity index (χ3n) is 4.96. The van der Waals surface area contributed by atoms with E-state index in [2.05, 4.69) is 15.4 Å². The molecule has 0 saturated carbocycles. The fraction of sp³-hybridized carbons (Fsp3) is 0.227. The predicted molar refractivity (Wildman–Crippen MR) is 120 cm³/mol. The van der Waals surface area contributed by atoms with Gasteiger partial charge in [-0.15, -0.1) is 5.10 Å². The molecule has 0 saturated heterocycles. The Labute approximate surface area is 188 Å². The van der Waals surface area contributed by atoms with Crippen LogP contribution in [-0.4, -0.2) is 32.3 Å². The highest BCUT2D eigenvalue weighted by molar-refractivity contribution is 7.98.